The minimum atomic E-state index is -1.21. The maximum absolute atomic E-state index is 10.3. The molecule has 1 saturated heterocycles. The van der Waals surface area contributed by atoms with E-state index in [2.05, 4.69) is 5.10 Å². The van der Waals surface area contributed by atoms with E-state index in [4.69, 9.17) is 23.8 Å². The van der Waals surface area contributed by atoms with Crippen molar-refractivity contribution in [2.24, 2.45) is 5.10 Å². The van der Waals surface area contributed by atoms with Gasteiger partial charge in [0.05, 0.1) is 16.3 Å². The zero-order valence-electron chi connectivity index (χ0n) is 9.20. The maximum Gasteiger partial charge on any atom is 0.224 e. The van der Waals surface area contributed by atoms with Gasteiger partial charge >= 0.3 is 0 Å². The molecule has 1 atom stereocenters. The molecule has 3 rings (SSSR count). The zero-order chi connectivity index (χ0) is 13.8. The third-order valence-electron chi connectivity index (χ3n) is 2.63. The van der Waals surface area contributed by atoms with Gasteiger partial charge in [-0.05, 0) is 17.8 Å². The van der Waals surface area contributed by atoms with Gasteiger partial charge < -0.3 is 15.3 Å². The smallest absolute Gasteiger partial charge is 0.224 e. The molecule has 0 spiro atoms. The zero-order valence-corrected chi connectivity index (χ0v) is 12.4. The number of fused-ring (bicyclic) bond motifs is 1. The summed E-state index contributed by atoms with van der Waals surface area (Å²) in [6.45, 7) is 0. The number of thioether (sulfide) groups is 2. The van der Waals surface area contributed by atoms with Crippen LogP contribution in [-0.2, 0) is 0 Å². The largest absolute Gasteiger partial charge is 0.507 e. The quantitative estimate of drug-likeness (QED) is 0.679. The predicted octanol–water partition coefficient (Wildman–Crippen LogP) is 2.14. The van der Waals surface area contributed by atoms with Gasteiger partial charge in [-0.1, -0.05) is 35.6 Å². The third kappa shape index (κ3) is 2.07. The Morgan fingerprint density at radius 3 is 2.79 bits per heavy atom. The Morgan fingerprint density at radius 1 is 1.37 bits per heavy atom. The fourth-order valence-electron chi connectivity index (χ4n) is 1.71. The fourth-order valence-corrected chi connectivity index (χ4v) is 4.44. The van der Waals surface area contributed by atoms with Crippen molar-refractivity contribution in [1.29, 1.82) is 0 Å². The highest BCUT2D eigenvalue weighted by atomic mass is 35.5. The van der Waals surface area contributed by atoms with Crippen LogP contribution in [0.1, 0.15) is 5.56 Å². The Kier molecular flexibility index (Phi) is 3.10. The van der Waals surface area contributed by atoms with E-state index < -0.39 is 5.06 Å². The van der Waals surface area contributed by atoms with Crippen LogP contribution < -0.4 is 0 Å². The number of hydrogen-bond donors (Lipinski definition) is 3. The van der Waals surface area contributed by atoms with Crippen molar-refractivity contribution in [1.82, 2.24) is 5.01 Å². The van der Waals surface area contributed by atoms with Gasteiger partial charge in [0.15, 0.2) is 4.32 Å². The Bertz CT molecular complexity index is 624. The van der Waals surface area contributed by atoms with Crippen molar-refractivity contribution in [3.8, 4) is 11.5 Å². The molecule has 5 nitrogen and oxygen atoms in total. The van der Waals surface area contributed by atoms with Crippen molar-refractivity contribution in [3.63, 3.8) is 0 Å². The van der Waals surface area contributed by atoms with Gasteiger partial charge in [0.25, 0.3) is 0 Å². The minimum Gasteiger partial charge on any atom is -0.507 e. The van der Waals surface area contributed by atoms with E-state index in [9.17, 15) is 15.3 Å². The van der Waals surface area contributed by atoms with Crippen LogP contribution in [0.15, 0.2) is 17.2 Å². The van der Waals surface area contributed by atoms with Crippen LogP contribution >= 0.6 is 47.3 Å². The summed E-state index contributed by atoms with van der Waals surface area (Å²) in [4.78, 5) is 0. The average Bonchev–Trinajstić information content (AvgIpc) is 2.81. The van der Waals surface area contributed by atoms with Gasteiger partial charge in [-0.3, -0.25) is 0 Å². The summed E-state index contributed by atoms with van der Waals surface area (Å²) in [5, 5.41) is 34.4. The lowest BCUT2D eigenvalue weighted by Crippen LogP contribution is -2.37. The Hall–Kier alpha value is -0.670. The summed E-state index contributed by atoms with van der Waals surface area (Å²) in [5.74, 6) is 0.0316. The Morgan fingerprint density at radius 2 is 2.11 bits per heavy atom. The number of phenolic OH excluding ortho intramolecular Hbond substituents is 2. The van der Waals surface area contributed by atoms with Crippen LogP contribution in [-0.4, -0.2) is 40.5 Å². The van der Waals surface area contributed by atoms with E-state index in [1.165, 1.54) is 22.8 Å². The molecule has 0 bridgehead atoms. The van der Waals surface area contributed by atoms with Crippen molar-refractivity contribution in [2.45, 2.75) is 5.06 Å². The van der Waals surface area contributed by atoms with Crippen LogP contribution in [0.2, 0.25) is 5.02 Å². The number of halogens is 1. The van der Waals surface area contributed by atoms with Gasteiger partial charge in [-0.25, -0.2) is 5.01 Å². The molecule has 0 radical (unpaired) electrons. The van der Waals surface area contributed by atoms with E-state index in [1.54, 1.807) is 0 Å². The molecule has 3 N–H and O–H groups in total. The van der Waals surface area contributed by atoms with E-state index in [-0.39, 0.29) is 16.5 Å². The monoisotopic (exact) mass is 334 g/mol. The second-order valence-electron chi connectivity index (χ2n) is 3.94. The highest BCUT2D eigenvalue weighted by Crippen LogP contribution is 2.47. The van der Waals surface area contributed by atoms with Crippen LogP contribution in [0, 0.1) is 0 Å². The summed E-state index contributed by atoms with van der Waals surface area (Å²) in [5.41, 5.74) is 0.350. The molecule has 19 heavy (non-hydrogen) atoms. The summed E-state index contributed by atoms with van der Waals surface area (Å²) in [6.07, 6.45) is 0. The number of hydrazone groups is 1. The van der Waals surface area contributed by atoms with Crippen molar-refractivity contribution >= 4 is 56.7 Å². The first-order valence-electron chi connectivity index (χ1n) is 5.09. The standard InChI is InChI=1S/C10H7ClN2O3S3/c11-5-1-4(6(14)2-7(5)15)8-12-13-9(17)18-3-10(13,16)19-8/h1-2,14-16H,3H2. The Labute approximate surface area is 127 Å². The molecular weight excluding hydrogens is 328 g/mol. The molecule has 2 aliphatic rings. The lowest BCUT2D eigenvalue weighted by molar-refractivity contribution is 0.0558. The number of phenols is 2. The summed E-state index contributed by atoms with van der Waals surface area (Å²) in [7, 11) is 0. The molecule has 100 valence electrons. The number of nitrogens with zero attached hydrogens (tertiary/aromatic N) is 2. The highest BCUT2D eigenvalue weighted by Gasteiger charge is 2.50. The molecule has 0 amide bonds. The summed E-state index contributed by atoms with van der Waals surface area (Å²) >= 11 is 13.3. The molecule has 2 aliphatic heterocycles. The summed E-state index contributed by atoms with van der Waals surface area (Å²) < 4.78 is 0.481. The maximum atomic E-state index is 10.3. The second-order valence-corrected chi connectivity index (χ2v) is 7.20. The number of benzene rings is 1. The minimum absolute atomic E-state index is 0.104. The molecule has 9 heteroatoms. The number of rotatable bonds is 1. The molecule has 0 aliphatic carbocycles. The number of aliphatic hydroxyl groups is 1. The Balaban J connectivity index is 2.03. The van der Waals surface area contributed by atoms with Gasteiger partial charge in [-0.2, -0.15) is 5.10 Å². The van der Waals surface area contributed by atoms with Crippen LogP contribution in [0.5, 0.6) is 11.5 Å². The molecule has 1 aromatic carbocycles. The van der Waals surface area contributed by atoms with Crippen LogP contribution in [0.3, 0.4) is 0 Å². The van der Waals surface area contributed by atoms with E-state index >= 15 is 0 Å². The lowest BCUT2D eigenvalue weighted by Gasteiger charge is -2.20. The third-order valence-corrected chi connectivity index (χ3v) is 5.75. The SMILES string of the molecule is Oc1cc(O)c(C2=NN3C(=S)SCC3(O)S2)cc1Cl. The predicted molar refractivity (Wildman–Crippen MR) is 80.8 cm³/mol. The number of thiocarbonyl (C=S) groups is 1. The number of hydrogen-bond acceptors (Lipinski definition) is 7. The first-order chi connectivity index (χ1) is 8.90. The molecule has 1 aromatic rings. The average molecular weight is 335 g/mol. The van der Waals surface area contributed by atoms with Crippen LogP contribution in [0.25, 0.3) is 0 Å². The number of aromatic hydroxyl groups is 2. The normalized spacial score (nSPS) is 25.7. The summed E-state index contributed by atoms with van der Waals surface area (Å²) in [6, 6.07) is 2.54. The van der Waals surface area contributed by atoms with Crippen LogP contribution in [0.4, 0.5) is 0 Å². The van der Waals surface area contributed by atoms with Gasteiger partial charge in [-0.15, -0.1) is 0 Å². The van der Waals surface area contributed by atoms with Gasteiger partial charge in [0.2, 0.25) is 5.06 Å². The lowest BCUT2D eigenvalue weighted by atomic mass is 10.2. The van der Waals surface area contributed by atoms with E-state index in [1.807, 2.05) is 0 Å². The van der Waals surface area contributed by atoms with E-state index in [0.29, 0.717) is 20.7 Å². The topological polar surface area (TPSA) is 76.3 Å². The van der Waals surface area contributed by atoms with Crippen molar-refractivity contribution in [3.05, 3.63) is 22.7 Å². The molecule has 0 aromatic heterocycles. The first-order valence-corrected chi connectivity index (χ1v) is 7.68. The molecular formula is C10H7ClN2O3S3. The highest BCUT2D eigenvalue weighted by molar-refractivity contribution is 8.25. The van der Waals surface area contributed by atoms with E-state index in [0.717, 1.165) is 17.8 Å². The van der Waals surface area contributed by atoms with Gasteiger partial charge in [0, 0.05) is 6.07 Å². The fraction of sp³-hybridized carbons (Fsp3) is 0.200. The molecule has 1 fully saturated rings. The molecule has 2 heterocycles. The van der Waals surface area contributed by atoms with Gasteiger partial charge in [0.1, 0.15) is 16.5 Å². The molecule has 0 saturated carbocycles. The van der Waals surface area contributed by atoms with Crippen molar-refractivity contribution in [2.75, 3.05) is 5.75 Å². The first kappa shape index (κ1) is 13.3. The van der Waals surface area contributed by atoms with Crippen molar-refractivity contribution < 1.29 is 15.3 Å². The second kappa shape index (κ2) is 4.42. The molecule has 1 unspecified atom stereocenters.